The largest absolute Gasteiger partial charge is 0.379 e. The van der Waals surface area contributed by atoms with Crippen LogP contribution in [0.2, 0.25) is 0 Å². The summed E-state index contributed by atoms with van der Waals surface area (Å²) in [6, 6.07) is 6.28. The standard InChI is InChI=1S/C16H24N4OS/c1-13-3-4-15(14(2)11-13)12-18-19-16(22)17-5-6-20-7-9-21-10-8-20/h3-4,11-12H,5-10H2,1-2H3,(H2,17,19,22)/b18-12+. The molecule has 0 atom stereocenters. The number of ether oxygens (including phenoxy) is 1. The predicted octanol–water partition coefficient (Wildman–Crippen LogP) is 1.43. The number of benzene rings is 1. The van der Waals surface area contributed by atoms with Crippen molar-refractivity contribution in [2.24, 2.45) is 5.10 Å². The highest BCUT2D eigenvalue weighted by atomic mass is 32.1. The highest BCUT2D eigenvalue weighted by Gasteiger charge is 2.09. The van der Waals surface area contributed by atoms with Crippen molar-refractivity contribution in [1.82, 2.24) is 15.6 Å². The summed E-state index contributed by atoms with van der Waals surface area (Å²) in [5, 5.41) is 7.90. The van der Waals surface area contributed by atoms with Crippen LogP contribution in [0.3, 0.4) is 0 Å². The molecule has 0 bridgehead atoms. The molecular weight excluding hydrogens is 296 g/mol. The van der Waals surface area contributed by atoms with Crippen LogP contribution in [0.15, 0.2) is 23.3 Å². The Hall–Kier alpha value is -1.50. The molecule has 0 amide bonds. The fourth-order valence-electron chi connectivity index (χ4n) is 2.32. The Morgan fingerprint density at radius 3 is 2.86 bits per heavy atom. The van der Waals surface area contributed by atoms with Crippen LogP contribution in [0.1, 0.15) is 16.7 Å². The molecule has 1 fully saturated rings. The molecule has 0 aromatic heterocycles. The van der Waals surface area contributed by atoms with E-state index in [1.807, 2.05) is 0 Å². The van der Waals surface area contributed by atoms with Crippen molar-refractivity contribution in [1.29, 1.82) is 0 Å². The minimum absolute atomic E-state index is 0.550. The van der Waals surface area contributed by atoms with Crippen molar-refractivity contribution in [3.63, 3.8) is 0 Å². The first-order valence-corrected chi connectivity index (χ1v) is 8.00. The van der Waals surface area contributed by atoms with Gasteiger partial charge in [0.25, 0.3) is 0 Å². The zero-order valence-corrected chi connectivity index (χ0v) is 14.1. The summed E-state index contributed by atoms with van der Waals surface area (Å²) in [6.07, 6.45) is 1.80. The third-order valence-electron chi connectivity index (χ3n) is 3.61. The Morgan fingerprint density at radius 1 is 1.36 bits per heavy atom. The number of rotatable bonds is 5. The Bertz CT molecular complexity index is 527. The number of hydrazone groups is 1. The van der Waals surface area contributed by atoms with Crippen molar-refractivity contribution in [3.05, 3.63) is 34.9 Å². The maximum absolute atomic E-state index is 5.32. The minimum Gasteiger partial charge on any atom is -0.379 e. The number of thiocarbonyl (C=S) groups is 1. The van der Waals surface area contributed by atoms with Gasteiger partial charge in [-0.15, -0.1) is 0 Å². The summed E-state index contributed by atoms with van der Waals surface area (Å²) >= 11 is 5.21. The maximum Gasteiger partial charge on any atom is 0.187 e. The van der Waals surface area contributed by atoms with Crippen LogP contribution >= 0.6 is 12.2 Å². The lowest BCUT2D eigenvalue weighted by molar-refractivity contribution is 0.0389. The average molecular weight is 320 g/mol. The van der Waals surface area contributed by atoms with Crippen molar-refractivity contribution >= 4 is 23.5 Å². The van der Waals surface area contributed by atoms with Crippen molar-refractivity contribution in [3.8, 4) is 0 Å². The van der Waals surface area contributed by atoms with Crippen molar-refractivity contribution < 1.29 is 4.74 Å². The monoisotopic (exact) mass is 320 g/mol. The van der Waals surface area contributed by atoms with Crippen molar-refractivity contribution in [2.45, 2.75) is 13.8 Å². The van der Waals surface area contributed by atoms with Gasteiger partial charge in [-0.2, -0.15) is 5.10 Å². The quantitative estimate of drug-likeness (QED) is 0.488. The van der Waals surface area contributed by atoms with Gasteiger partial charge in [-0.3, -0.25) is 10.3 Å². The molecule has 0 unspecified atom stereocenters. The lowest BCUT2D eigenvalue weighted by Gasteiger charge is -2.26. The van der Waals surface area contributed by atoms with E-state index in [2.05, 4.69) is 52.8 Å². The SMILES string of the molecule is Cc1ccc(/C=N/NC(=S)NCCN2CCOCC2)c(C)c1. The molecule has 0 spiro atoms. The van der Waals surface area contributed by atoms with Crippen LogP contribution in [0, 0.1) is 13.8 Å². The highest BCUT2D eigenvalue weighted by Crippen LogP contribution is 2.07. The fraction of sp³-hybridized carbons (Fsp3) is 0.500. The summed E-state index contributed by atoms with van der Waals surface area (Å²) < 4.78 is 5.32. The van der Waals surface area contributed by atoms with E-state index in [9.17, 15) is 0 Å². The molecule has 2 N–H and O–H groups in total. The van der Waals surface area contributed by atoms with Gasteiger partial charge < -0.3 is 10.1 Å². The van der Waals surface area contributed by atoms with E-state index in [0.717, 1.165) is 45.0 Å². The molecule has 1 aromatic rings. The maximum atomic E-state index is 5.32. The molecular formula is C16H24N4OS. The lowest BCUT2D eigenvalue weighted by Crippen LogP contribution is -2.42. The molecule has 1 saturated heterocycles. The highest BCUT2D eigenvalue weighted by molar-refractivity contribution is 7.80. The van der Waals surface area contributed by atoms with Crippen LogP contribution in [0.25, 0.3) is 0 Å². The first kappa shape index (κ1) is 16.9. The van der Waals surface area contributed by atoms with E-state index in [1.165, 1.54) is 11.1 Å². The molecule has 0 aliphatic carbocycles. The first-order valence-electron chi connectivity index (χ1n) is 7.59. The summed E-state index contributed by atoms with van der Waals surface area (Å²) in [6.45, 7) is 9.56. The Morgan fingerprint density at radius 2 is 2.14 bits per heavy atom. The second-order valence-electron chi connectivity index (χ2n) is 5.44. The van der Waals surface area contributed by atoms with Gasteiger partial charge in [0.15, 0.2) is 5.11 Å². The smallest absolute Gasteiger partial charge is 0.187 e. The number of aryl methyl sites for hydroxylation is 2. The summed E-state index contributed by atoms with van der Waals surface area (Å²) in [5.41, 5.74) is 6.41. The van der Waals surface area contributed by atoms with Crippen LogP contribution in [0.5, 0.6) is 0 Å². The molecule has 0 saturated carbocycles. The average Bonchev–Trinajstić information content (AvgIpc) is 2.50. The molecule has 6 heteroatoms. The summed E-state index contributed by atoms with van der Waals surface area (Å²) in [5.74, 6) is 0. The second kappa shape index (κ2) is 8.82. The van der Waals surface area contributed by atoms with Gasteiger partial charge in [-0.25, -0.2) is 0 Å². The van der Waals surface area contributed by atoms with Gasteiger partial charge in [0.1, 0.15) is 0 Å². The van der Waals surface area contributed by atoms with Gasteiger partial charge in [-0.1, -0.05) is 23.8 Å². The van der Waals surface area contributed by atoms with E-state index < -0.39 is 0 Å². The zero-order valence-electron chi connectivity index (χ0n) is 13.3. The lowest BCUT2D eigenvalue weighted by atomic mass is 10.1. The van der Waals surface area contributed by atoms with Gasteiger partial charge in [0.2, 0.25) is 0 Å². The normalized spacial score (nSPS) is 15.9. The first-order chi connectivity index (χ1) is 10.6. The van der Waals surface area contributed by atoms with E-state index in [-0.39, 0.29) is 0 Å². The van der Waals surface area contributed by atoms with Crippen LogP contribution in [-0.2, 0) is 4.74 Å². The third kappa shape index (κ3) is 5.71. The van der Waals surface area contributed by atoms with E-state index in [1.54, 1.807) is 6.21 Å². The van der Waals surface area contributed by atoms with Gasteiger partial charge >= 0.3 is 0 Å². The molecule has 120 valence electrons. The van der Waals surface area contributed by atoms with E-state index in [0.29, 0.717) is 5.11 Å². The topological polar surface area (TPSA) is 48.9 Å². The molecule has 0 radical (unpaired) electrons. The third-order valence-corrected chi connectivity index (χ3v) is 3.85. The van der Waals surface area contributed by atoms with Gasteiger partial charge in [-0.05, 0) is 37.2 Å². The summed E-state index contributed by atoms with van der Waals surface area (Å²) in [4.78, 5) is 2.36. The van der Waals surface area contributed by atoms with E-state index >= 15 is 0 Å². The Labute approximate surface area is 137 Å². The molecule has 2 rings (SSSR count). The molecule has 22 heavy (non-hydrogen) atoms. The Balaban J connectivity index is 1.67. The Kier molecular flexibility index (Phi) is 6.76. The molecule has 5 nitrogen and oxygen atoms in total. The summed E-state index contributed by atoms with van der Waals surface area (Å²) in [7, 11) is 0. The number of hydrogen-bond donors (Lipinski definition) is 2. The number of nitrogens with one attached hydrogen (secondary N) is 2. The zero-order chi connectivity index (χ0) is 15.8. The molecule has 1 heterocycles. The van der Waals surface area contributed by atoms with Crippen LogP contribution in [0.4, 0.5) is 0 Å². The predicted molar refractivity (Wildman–Crippen MR) is 94.5 cm³/mol. The molecule has 1 aliphatic rings. The minimum atomic E-state index is 0.550. The number of morpholine rings is 1. The molecule has 1 aliphatic heterocycles. The van der Waals surface area contributed by atoms with Crippen LogP contribution in [-0.4, -0.2) is 55.6 Å². The second-order valence-corrected chi connectivity index (χ2v) is 5.85. The van der Waals surface area contributed by atoms with Gasteiger partial charge in [0, 0.05) is 26.2 Å². The van der Waals surface area contributed by atoms with E-state index in [4.69, 9.17) is 17.0 Å². The van der Waals surface area contributed by atoms with Crippen molar-refractivity contribution in [2.75, 3.05) is 39.4 Å². The molecule has 1 aromatic carbocycles. The number of hydrogen-bond acceptors (Lipinski definition) is 4. The number of nitrogens with zero attached hydrogens (tertiary/aromatic N) is 2. The van der Waals surface area contributed by atoms with Gasteiger partial charge in [0.05, 0.1) is 19.4 Å². The van der Waals surface area contributed by atoms with Crippen LogP contribution < -0.4 is 10.7 Å². The fourth-order valence-corrected chi connectivity index (χ4v) is 2.48.